The van der Waals surface area contributed by atoms with Gasteiger partial charge in [-0.15, -0.1) is 6.58 Å². The van der Waals surface area contributed by atoms with Gasteiger partial charge < -0.3 is 4.58 Å². The van der Waals surface area contributed by atoms with Gasteiger partial charge in [0, 0.05) is 6.72 Å². The van der Waals surface area contributed by atoms with Crippen molar-refractivity contribution in [1.29, 1.82) is 0 Å². The molecule has 3 nitrogen and oxygen atoms in total. The van der Waals surface area contributed by atoms with Gasteiger partial charge in [0.05, 0.1) is 22.8 Å². The average Bonchev–Trinajstić information content (AvgIpc) is 3.14. The predicted octanol–water partition coefficient (Wildman–Crippen LogP) is 2.97. The number of pyridine rings is 1. The van der Waals surface area contributed by atoms with Crippen molar-refractivity contribution in [2.24, 2.45) is 0 Å². The van der Waals surface area contributed by atoms with Crippen molar-refractivity contribution in [3.8, 4) is 0 Å². The number of nitrogens with zero attached hydrogens (tertiary/aromatic N) is 3. The summed E-state index contributed by atoms with van der Waals surface area (Å²) in [7, 11) is 0. The molecule has 2 aromatic carbocycles. The highest BCUT2D eigenvalue weighted by atomic mass is 15.3. The Morgan fingerprint density at radius 1 is 1.09 bits per heavy atom. The summed E-state index contributed by atoms with van der Waals surface area (Å²) in [6.07, 6.45) is 2.16. The minimum Gasteiger partial charge on any atom is -0.323 e. The normalized spacial score (nSPS) is 18.6. The van der Waals surface area contributed by atoms with Crippen LogP contribution in [0.15, 0.2) is 55.2 Å². The van der Waals surface area contributed by atoms with Crippen LogP contribution < -0.4 is 4.57 Å². The van der Waals surface area contributed by atoms with Crippen LogP contribution in [0.2, 0.25) is 0 Å². The third kappa shape index (κ3) is 0.896. The number of hydrogen-bond acceptors (Lipinski definition) is 0. The van der Waals surface area contributed by atoms with Gasteiger partial charge in [-0.2, -0.15) is 8.97 Å². The smallest absolute Gasteiger partial charge is 0.301 e. The van der Waals surface area contributed by atoms with Crippen LogP contribution in [0.25, 0.3) is 33.2 Å². The van der Waals surface area contributed by atoms with E-state index in [1.165, 1.54) is 38.6 Å². The van der Waals surface area contributed by atoms with Crippen LogP contribution in [0, 0.1) is 0 Å². The number of hydrogen-bond donors (Lipinski definition) is 0. The van der Waals surface area contributed by atoms with E-state index in [4.69, 9.17) is 6.72 Å². The quantitative estimate of drug-likeness (QED) is 0.347. The molecule has 2 aliphatic rings. The van der Waals surface area contributed by atoms with Crippen LogP contribution in [-0.4, -0.2) is 15.7 Å². The van der Waals surface area contributed by atoms with Crippen molar-refractivity contribution in [1.82, 2.24) is 4.40 Å². The first-order valence-corrected chi connectivity index (χ1v) is 7.40. The van der Waals surface area contributed by atoms with Crippen molar-refractivity contribution in [3.05, 3.63) is 66.4 Å². The molecule has 22 heavy (non-hydrogen) atoms. The third-order valence-electron chi connectivity index (χ3n) is 5.15. The minimum absolute atomic E-state index is 0.0125. The highest BCUT2D eigenvalue weighted by molar-refractivity contribution is 6.02. The zero-order valence-electron chi connectivity index (χ0n) is 11.8. The van der Waals surface area contributed by atoms with Gasteiger partial charge in [0.2, 0.25) is 0 Å². The molecule has 2 aromatic heterocycles. The highest BCUT2D eigenvalue weighted by Crippen LogP contribution is 2.45. The fourth-order valence-corrected chi connectivity index (χ4v) is 4.23. The van der Waals surface area contributed by atoms with Crippen molar-refractivity contribution in [3.63, 3.8) is 0 Å². The predicted molar refractivity (Wildman–Crippen MR) is 86.1 cm³/mol. The van der Waals surface area contributed by atoms with E-state index in [1.807, 2.05) is 0 Å². The zero-order chi connectivity index (χ0) is 14.6. The maximum atomic E-state index is 6.39. The highest BCUT2D eigenvalue weighted by Gasteiger charge is 2.46. The van der Waals surface area contributed by atoms with Gasteiger partial charge in [0.1, 0.15) is 0 Å². The van der Waals surface area contributed by atoms with Crippen LogP contribution in [0.3, 0.4) is 0 Å². The summed E-state index contributed by atoms with van der Waals surface area (Å²) in [6, 6.07) is 15.0. The molecule has 4 aromatic rings. The van der Waals surface area contributed by atoms with Crippen LogP contribution in [0.5, 0.6) is 0 Å². The van der Waals surface area contributed by atoms with Crippen molar-refractivity contribution < 1.29 is 9.14 Å². The number of aromatic nitrogens is 2. The summed E-state index contributed by atoms with van der Waals surface area (Å²) in [5, 5.41) is 2.56. The molecule has 1 unspecified atom stereocenters. The van der Waals surface area contributed by atoms with Gasteiger partial charge in [-0.05, 0) is 29.1 Å². The SMILES string of the molecule is [CH-]=[N+]1C(=C)c2ccc3ccn4c5ccccc5[n+]5c4c3c2C15. The number of para-hydroxylation sites is 2. The topological polar surface area (TPSA) is 11.3 Å². The molecule has 0 saturated carbocycles. The lowest BCUT2D eigenvalue weighted by Gasteiger charge is -2.08. The Bertz CT molecular complexity index is 1210. The van der Waals surface area contributed by atoms with E-state index >= 15 is 0 Å². The Morgan fingerprint density at radius 3 is 2.86 bits per heavy atom. The maximum Gasteiger partial charge on any atom is 0.301 e. The Labute approximate surface area is 126 Å². The summed E-state index contributed by atoms with van der Waals surface area (Å²) >= 11 is 0. The Morgan fingerprint density at radius 2 is 1.95 bits per heavy atom. The molecule has 0 amide bonds. The largest absolute Gasteiger partial charge is 0.323 e. The lowest BCUT2D eigenvalue weighted by molar-refractivity contribution is -0.805. The molecule has 0 N–H and O–H groups in total. The van der Waals surface area contributed by atoms with Crippen LogP contribution in [-0.2, 0) is 0 Å². The molecule has 0 bridgehead atoms. The lowest BCUT2D eigenvalue weighted by Crippen LogP contribution is -2.40. The van der Waals surface area contributed by atoms with E-state index < -0.39 is 0 Å². The average molecular weight is 282 g/mol. The molecule has 0 spiro atoms. The van der Waals surface area contributed by atoms with Crippen LogP contribution in [0.4, 0.5) is 0 Å². The summed E-state index contributed by atoms with van der Waals surface area (Å²) in [5.41, 5.74) is 6.99. The van der Waals surface area contributed by atoms with E-state index in [-0.39, 0.29) is 6.17 Å². The Hall–Kier alpha value is -2.94. The van der Waals surface area contributed by atoms with E-state index in [0.717, 1.165) is 5.70 Å². The number of fused-ring (bicyclic) bond motifs is 4. The molecule has 0 aliphatic carbocycles. The van der Waals surface area contributed by atoms with Gasteiger partial charge in [-0.1, -0.05) is 24.3 Å². The summed E-state index contributed by atoms with van der Waals surface area (Å²) in [5.74, 6) is 0. The molecule has 0 radical (unpaired) electrons. The Balaban J connectivity index is 2.03. The molecule has 6 rings (SSSR count). The second-order valence-electron chi connectivity index (χ2n) is 6.09. The molecule has 3 heteroatoms. The zero-order valence-corrected chi connectivity index (χ0v) is 11.8. The van der Waals surface area contributed by atoms with Crippen LogP contribution >= 0.6 is 0 Å². The standard InChI is InChI=1S/C19H12N3/c1-11-13-8-7-12-9-10-21-14-5-3-4-6-15(14)22-18(20(11)2)17(13)16(12)19(21)22/h2-10,18H,1H2/q+1. The molecule has 2 aliphatic heterocycles. The number of rotatable bonds is 0. The first-order chi connectivity index (χ1) is 10.8. The third-order valence-corrected chi connectivity index (χ3v) is 5.15. The number of benzene rings is 2. The maximum absolute atomic E-state index is 6.39. The van der Waals surface area contributed by atoms with E-state index in [1.54, 1.807) is 4.58 Å². The second kappa shape index (κ2) is 3.12. The monoisotopic (exact) mass is 282 g/mol. The fourth-order valence-electron chi connectivity index (χ4n) is 4.23. The molecule has 102 valence electrons. The van der Waals surface area contributed by atoms with Crippen molar-refractivity contribution in [2.75, 3.05) is 0 Å². The van der Waals surface area contributed by atoms with E-state index in [0.29, 0.717) is 0 Å². The van der Waals surface area contributed by atoms with Gasteiger partial charge >= 0.3 is 5.65 Å². The first-order valence-electron chi connectivity index (χ1n) is 7.40. The number of imidazole rings is 1. The van der Waals surface area contributed by atoms with Crippen LogP contribution in [0.1, 0.15) is 17.3 Å². The summed E-state index contributed by atoms with van der Waals surface area (Å²) in [4.78, 5) is 0. The van der Waals surface area contributed by atoms with Crippen molar-refractivity contribution in [2.45, 2.75) is 6.17 Å². The Kier molecular flexibility index (Phi) is 1.52. The van der Waals surface area contributed by atoms with E-state index in [9.17, 15) is 0 Å². The molecule has 0 fully saturated rings. The van der Waals surface area contributed by atoms with Gasteiger partial charge in [-0.3, -0.25) is 0 Å². The van der Waals surface area contributed by atoms with Gasteiger partial charge in [0.25, 0.3) is 6.17 Å². The molecule has 1 atom stereocenters. The lowest BCUT2D eigenvalue weighted by atomic mass is 10.0. The van der Waals surface area contributed by atoms with Crippen molar-refractivity contribution >= 4 is 39.9 Å². The first kappa shape index (κ1) is 10.7. The second-order valence-corrected chi connectivity index (χ2v) is 6.09. The summed E-state index contributed by atoms with van der Waals surface area (Å²) < 4.78 is 6.41. The summed E-state index contributed by atoms with van der Waals surface area (Å²) in [6.45, 7) is 10.6. The molecule has 4 heterocycles. The van der Waals surface area contributed by atoms with Gasteiger partial charge in [0.15, 0.2) is 11.0 Å². The minimum atomic E-state index is 0.0125. The molecular weight excluding hydrogens is 270 g/mol. The fraction of sp³-hybridized carbons (Fsp3) is 0.0526. The molecular formula is C19H12N3+. The molecule has 0 saturated heterocycles. The van der Waals surface area contributed by atoms with E-state index in [2.05, 4.69) is 64.2 Å². The van der Waals surface area contributed by atoms with Gasteiger partial charge in [-0.25, -0.2) is 0 Å².